The molecule has 0 saturated heterocycles. The molecule has 0 fully saturated rings. The van der Waals surface area contributed by atoms with Crippen molar-refractivity contribution in [3.63, 3.8) is 0 Å². The Kier molecular flexibility index (Phi) is 3.12. The largest absolute Gasteiger partial charge is 0.386 e. The second-order valence-corrected chi connectivity index (χ2v) is 3.52. The Labute approximate surface area is 93.8 Å². The van der Waals surface area contributed by atoms with Gasteiger partial charge in [0.2, 0.25) is 0 Å². The lowest BCUT2D eigenvalue weighted by molar-refractivity contribution is 0.173. The Balaban J connectivity index is 2.14. The molecule has 0 aliphatic carbocycles. The van der Waals surface area contributed by atoms with Crippen molar-refractivity contribution in [3.05, 3.63) is 54.0 Å². The summed E-state index contributed by atoms with van der Waals surface area (Å²) in [6.45, 7) is 0. The van der Waals surface area contributed by atoms with Gasteiger partial charge >= 0.3 is 0 Å². The molecule has 0 saturated carbocycles. The summed E-state index contributed by atoms with van der Waals surface area (Å²) in [5.41, 5.74) is 7.18. The quantitative estimate of drug-likeness (QED) is 0.810. The Morgan fingerprint density at radius 2 is 1.94 bits per heavy atom. The van der Waals surface area contributed by atoms with Crippen molar-refractivity contribution >= 4 is 5.82 Å². The lowest BCUT2D eigenvalue weighted by atomic mass is 10.1. The van der Waals surface area contributed by atoms with Gasteiger partial charge in [0.25, 0.3) is 0 Å². The molecule has 2 aromatic heterocycles. The lowest BCUT2D eigenvalue weighted by Crippen LogP contribution is -2.06. The molecular weight excluding hydrogens is 202 g/mol. The average Bonchev–Trinajstić information content (AvgIpc) is 2.33. The molecule has 16 heavy (non-hydrogen) atoms. The molecule has 2 rings (SSSR count). The molecular formula is C12H13N3O. The summed E-state index contributed by atoms with van der Waals surface area (Å²) >= 11 is 0. The van der Waals surface area contributed by atoms with Gasteiger partial charge in [-0.15, -0.1) is 0 Å². The minimum atomic E-state index is -0.646. The van der Waals surface area contributed by atoms with Gasteiger partial charge in [-0.05, 0) is 23.8 Å². The molecule has 0 bridgehead atoms. The fourth-order valence-electron chi connectivity index (χ4n) is 1.51. The SMILES string of the molecule is Nc1ncccc1CC(O)c1ccccn1. The van der Waals surface area contributed by atoms with Crippen molar-refractivity contribution in [3.8, 4) is 0 Å². The van der Waals surface area contributed by atoms with Gasteiger partial charge in [-0.1, -0.05) is 12.1 Å². The van der Waals surface area contributed by atoms with Crippen LogP contribution in [0.5, 0.6) is 0 Å². The molecule has 2 aromatic rings. The highest BCUT2D eigenvalue weighted by atomic mass is 16.3. The third-order valence-electron chi connectivity index (χ3n) is 2.37. The van der Waals surface area contributed by atoms with E-state index in [-0.39, 0.29) is 0 Å². The van der Waals surface area contributed by atoms with Crippen molar-refractivity contribution < 1.29 is 5.11 Å². The highest BCUT2D eigenvalue weighted by Gasteiger charge is 2.11. The van der Waals surface area contributed by atoms with Crippen LogP contribution in [-0.2, 0) is 6.42 Å². The zero-order valence-corrected chi connectivity index (χ0v) is 8.74. The van der Waals surface area contributed by atoms with E-state index in [9.17, 15) is 5.11 Å². The first-order valence-electron chi connectivity index (χ1n) is 5.05. The molecule has 0 radical (unpaired) electrons. The fraction of sp³-hybridized carbons (Fsp3) is 0.167. The van der Waals surface area contributed by atoms with Crippen molar-refractivity contribution in [2.45, 2.75) is 12.5 Å². The van der Waals surface area contributed by atoms with Crippen molar-refractivity contribution in [1.82, 2.24) is 9.97 Å². The van der Waals surface area contributed by atoms with Crippen molar-refractivity contribution in [2.75, 3.05) is 5.73 Å². The first-order valence-corrected chi connectivity index (χ1v) is 5.05. The number of aliphatic hydroxyl groups excluding tert-OH is 1. The molecule has 0 aliphatic heterocycles. The van der Waals surface area contributed by atoms with Crippen LogP contribution in [0.15, 0.2) is 42.7 Å². The maximum absolute atomic E-state index is 9.95. The maximum Gasteiger partial charge on any atom is 0.126 e. The van der Waals surface area contributed by atoms with Crippen LogP contribution < -0.4 is 5.73 Å². The monoisotopic (exact) mass is 215 g/mol. The molecule has 0 amide bonds. The van der Waals surface area contributed by atoms with Crippen LogP contribution in [0.4, 0.5) is 5.82 Å². The maximum atomic E-state index is 9.95. The van der Waals surface area contributed by atoms with Crippen LogP contribution in [0.3, 0.4) is 0 Å². The van der Waals surface area contributed by atoms with E-state index >= 15 is 0 Å². The second kappa shape index (κ2) is 4.72. The first kappa shape index (κ1) is 10.6. The Bertz CT molecular complexity index is 459. The first-order chi connectivity index (χ1) is 7.77. The Hall–Kier alpha value is -1.94. The lowest BCUT2D eigenvalue weighted by Gasteiger charge is -2.10. The summed E-state index contributed by atoms with van der Waals surface area (Å²) in [6.07, 6.45) is 3.07. The molecule has 0 aromatic carbocycles. The zero-order valence-electron chi connectivity index (χ0n) is 8.74. The van der Waals surface area contributed by atoms with Crippen molar-refractivity contribution in [1.29, 1.82) is 0 Å². The highest BCUT2D eigenvalue weighted by Crippen LogP contribution is 2.18. The van der Waals surface area contributed by atoms with Gasteiger partial charge in [-0.2, -0.15) is 0 Å². The molecule has 2 heterocycles. The van der Waals surface area contributed by atoms with Gasteiger partial charge < -0.3 is 10.8 Å². The number of hydrogen-bond acceptors (Lipinski definition) is 4. The minimum Gasteiger partial charge on any atom is -0.386 e. The normalized spacial score (nSPS) is 12.3. The number of nitrogens with zero attached hydrogens (tertiary/aromatic N) is 2. The van der Waals surface area contributed by atoms with Crippen LogP contribution in [0.1, 0.15) is 17.4 Å². The number of anilines is 1. The van der Waals surface area contributed by atoms with Gasteiger partial charge in [0.15, 0.2) is 0 Å². The molecule has 1 unspecified atom stereocenters. The van der Waals surface area contributed by atoms with E-state index in [4.69, 9.17) is 5.73 Å². The van der Waals surface area contributed by atoms with Crippen LogP contribution in [-0.4, -0.2) is 15.1 Å². The molecule has 3 N–H and O–H groups in total. The van der Waals surface area contributed by atoms with Gasteiger partial charge in [-0.25, -0.2) is 4.98 Å². The summed E-state index contributed by atoms with van der Waals surface area (Å²) in [4.78, 5) is 8.07. The molecule has 4 nitrogen and oxygen atoms in total. The van der Waals surface area contributed by atoms with Gasteiger partial charge in [-0.3, -0.25) is 4.98 Å². The Morgan fingerprint density at radius 1 is 1.12 bits per heavy atom. The van der Waals surface area contributed by atoms with Gasteiger partial charge in [0, 0.05) is 18.8 Å². The van der Waals surface area contributed by atoms with Crippen molar-refractivity contribution in [2.24, 2.45) is 0 Å². The smallest absolute Gasteiger partial charge is 0.126 e. The summed E-state index contributed by atoms with van der Waals surface area (Å²) in [6, 6.07) is 9.11. The second-order valence-electron chi connectivity index (χ2n) is 3.52. The summed E-state index contributed by atoms with van der Waals surface area (Å²) in [5.74, 6) is 0.456. The van der Waals surface area contributed by atoms with E-state index in [0.717, 1.165) is 5.56 Å². The molecule has 1 atom stereocenters. The average molecular weight is 215 g/mol. The fourth-order valence-corrected chi connectivity index (χ4v) is 1.51. The van der Waals surface area contributed by atoms with E-state index in [1.165, 1.54) is 0 Å². The summed E-state index contributed by atoms with van der Waals surface area (Å²) < 4.78 is 0. The minimum absolute atomic E-state index is 0.427. The van der Waals surface area contributed by atoms with Crippen LogP contribution in [0.2, 0.25) is 0 Å². The van der Waals surface area contributed by atoms with Crippen LogP contribution in [0.25, 0.3) is 0 Å². The summed E-state index contributed by atoms with van der Waals surface area (Å²) in [5, 5.41) is 9.95. The number of aliphatic hydroxyl groups is 1. The van der Waals surface area contributed by atoms with E-state index in [0.29, 0.717) is 17.9 Å². The summed E-state index contributed by atoms with van der Waals surface area (Å²) in [7, 11) is 0. The number of aromatic nitrogens is 2. The van der Waals surface area contributed by atoms with E-state index in [1.54, 1.807) is 24.5 Å². The zero-order chi connectivity index (χ0) is 11.4. The van der Waals surface area contributed by atoms with Crippen LogP contribution in [0, 0.1) is 0 Å². The highest BCUT2D eigenvalue weighted by molar-refractivity contribution is 5.39. The van der Waals surface area contributed by atoms with E-state index in [2.05, 4.69) is 9.97 Å². The number of nitrogen functional groups attached to an aromatic ring is 1. The number of rotatable bonds is 3. The predicted molar refractivity (Wildman–Crippen MR) is 61.6 cm³/mol. The van der Waals surface area contributed by atoms with Crippen LogP contribution >= 0.6 is 0 Å². The number of hydrogen-bond donors (Lipinski definition) is 2. The topological polar surface area (TPSA) is 72.0 Å². The van der Waals surface area contributed by atoms with E-state index in [1.807, 2.05) is 18.2 Å². The van der Waals surface area contributed by atoms with E-state index < -0.39 is 6.10 Å². The molecule has 0 spiro atoms. The molecule has 82 valence electrons. The third kappa shape index (κ3) is 2.35. The molecule has 4 heteroatoms. The van der Waals surface area contributed by atoms with Gasteiger partial charge in [0.1, 0.15) is 11.9 Å². The number of nitrogens with two attached hydrogens (primary N) is 1. The number of pyridine rings is 2. The Morgan fingerprint density at radius 3 is 2.62 bits per heavy atom. The third-order valence-corrected chi connectivity index (χ3v) is 2.37. The van der Waals surface area contributed by atoms with Gasteiger partial charge in [0.05, 0.1) is 5.69 Å². The predicted octanol–water partition coefficient (Wildman–Crippen LogP) is 1.33. The standard InChI is InChI=1S/C12H13N3O/c13-12-9(4-3-7-15-12)8-11(16)10-5-1-2-6-14-10/h1-7,11,16H,8H2,(H2,13,15). The molecule has 0 aliphatic rings.